The Morgan fingerprint density at radius 2 is 1.89 bits per heavy atom. The first-order valence-corrected chi connectivity index (χ1v) is 5.74. The topological polar surface area (TPSA) is 42.0 Å². The highest BCUT2D eigenvalue weighted by molar-refractivity contribution is 5.94. The van der Waals surface area contributed by atoms with Crippen molar-refractivity contribution in [2.45, 2.75) is 13.0 Å². The first kappa shape index (κ1) is 13.1. The maximum Gasteiger partial charge on any atom is 0.254 e. The highest BCUT2D eigenvalue weighted by atomic mass is 19.1. The number of carbonyl (C=O) groups excluding carboxylic acids is 1. The summed E-state index contributed by atoms with van der Waals surface area (Å²) in [6, 6.07) is 6.73. The third kappa shape index (κ3) is 3.13. The second-order valence-corrected chi connectivity index (χ2v) is 4.10. The number of nitrogens with one attached hydrogen (secondary N) is 1. The Balaban J connectivity index is 2.11. The van der Waals surface area contributed by atoms with E-state index in [1.54, 1.807) is 19.1 Å². The van der Waals surface area contributed by atoms with Gasteiger partial charge in [0.25, 0.3) is 5.91 Å². The van der Waals surface area contributed by atoms with E-state index in [9.17, 15) is 13.6 Å². The highest BCUT2D eigenvalue weighted by Gasteiger charge is 2.14. The van der Waals surface area contributed by atoms with Crippen molar-refractivity contribution in [3.63, 3.8) is 0 Å². The number of halogens is 2. The van der Waals surface area contributed by atoms with Crippen molar-refractivity contribution in [1.82, 2.24) is 10.3 Å². The maximum absolute atomic E-state index is 13.4. The molecule has 1 heterocycles. The van der Waals surface area contributed by atoms with Crippen LogP contribution in [-0.4, -0.2) is 10.9 Å². The molecule has 5 heteroatoms. The molecule has 3 nitrogen and oxygen atoms in total. The number of hydrogen-bond donors (Lipinski definition) is 1. The molecule has 0 aliphatic heterocycles. The average molecular weight is 262 g/mol. The van der Waals surface area contributed by atoms with E-state index >= 15 is 0 Å². The summed E-state index contributed by atoms with van der Waals surface area (Å²) in [5.41, 5.74) is 0.674. The molecule has 2 aromatic rings. The molecule has 19 heavy (non-hydrogen) atoms. The zero-order valence-electron chi connectivity index (χ0n) is 10.2. The zero-order chi connectivity index (χ0) is 13.8. The van der Waals surface area contributed by atoms with Crippen molar-refractivity contribution in [2.24, 2.45) is 0 Å². The molecular weight excluding hydrogens is 250 g/mol. The average Bonchev–Trinajstić information content (AvgIpc) is 2.39. The van der Waals surface area contributed by atoms with Crippen LogP contribution in [0, 0.1) is 11.6 Å². The second-order valence-electron chi connectivity index (χ2n) is 4.10. The van der Waals surface area contributed by atoms with Gasteiger partial charge in [0, 0.05) is 6.20 Å². The number of amides is 1. The highest BCUT2D eigenvalue weighted by Crippen LogP contribution is 2.14. The van der Waals surface area contributed by atoms with Crippen molar-refractivity contribution >= 4 is 5.91 Å². The summed E-state index contributed by atoms with van der Waals surface area (Å²) in [6.07, 6.45) is 2.33. The van der Waals surface area contributed by atoms with E-state index in [1.807, 2.05) is 0 Å². The van der Waals surface area contributed by atoms with Crippen molar-refractivity contribution in [3.05, 3.63) is 65.5 Å². The molecule has 0 saturated carbocycles. The molecule has 1 aromatic carbocycles. The summed E-state index contributed by atoms with van der Waals surface area (Å²) in [6.45, 7) is 1.74. The summed E-state index contributed by atoms with van der Waals surface area (Å²) in [5.74, 6) is -1.55. The third-order valence-corrected chi connectivity index (χ3v) is 2.73. The van der Waals surface area contributed by atoms with Crippen LogP contribution in [0.15, 0.2) is 42.7 Å². The SMILES string of the molecule is CC(NC(=O)c1ccncc1F)c1ccc(F)cc1. The monoisotopic (exact) mass is 262 g/mol. The second kappa shape index (κ2) is 5.56. The molecule has 1 amide bonds. The number of nitrogens with zero attached hydrogens (tertiary/aromatic N) is 1. The van der Waals surface area contributed by atoms with E-state index < -0.39 is 11.7 Å². The number of pyridine rings is 1. The minimum Gasteiger partial charge on any atom is -0.345 e. The number of benzene rings is 1. The molecule has 1 atom stereocenters. The van der Waals surface area contributed by atoms with Crippen LogP contribution in [0.1, 0.15) is 28.9 Å². The number of aromatic nitrogens is 1. The van der Waals surface area contributed by atoms with Crippen LogP contribution in [0.4, 0.5) is 8.78 Å². The Morgan fingerprint density at radius 1 is 1.21 bits per heavy atom. The Hall–Kier alpha value is -2.30. The first-order valence-electron chi connectivity index (χ1n) is 5.74. The van der Waals surface area contributed by atoms with Crippen molar-refractivity contribution < 1.29 is 13.6 Å². The maximum atomic E-state index is 13.4. The van der Waals surface area contributed by atoms with E-state index in [4.69, 9.17) is 0 Å². The predicted octanol–water partition coefficient (Wildman–Crippen LogP) is 2.85. The fourth-order valence-electron chi connectivity index (χ4n) is 1.67. The van der Waals surface area contributed by atoms with E-state index in [0.29, 0.717) is 0 Å². The summed E-state index contributed by atoms with van der Waals surface area (Å²) in [7, 11) is 0. The van der Waals surface area contributed by atoms with E-state index in [-0.39, 0.29) is 17.4 Å². The van der Waals surface area contributed by atoms with Crippen LogP contribution in [0.5, 0.6) is 0 Å². The number of carbonyl (C=O) groups is 1. The standard InChI is InChI=1S/C14H12F2N2O/c1-9(10-2-4-11(15)5-3-10)18-14(19)12-6-7-17-8-13(12)16/h2-9H,1H3,(H,18,19). The van der Waals surface area contributed by atoms with Crippen LogP contribution in [0.3, 0.4) is 0 Å². The quantitative estimate of drug-likeness (QED) is 0.924. The van der Waals surface area contributed by atoms with Crippen LogP contribution in [0.2, 0.25) is 0 Å². The van der Waals surface area contributed by atoms with Gasteiger partial charge < -0.3 is 5.32 Å². The summed E-state index contributed by atoms with van der Waals surface area (Å²) < 4.78 is 26.2. The minimum atomic E-state index is -0.675. The minimum absolute atomic E-state index is 0.0658. The molecule has 0 spiro atoms. The Labute approximate surface area is 109 Å². The van der Waals surface area contributed by atoms with E-state index in [0.717, 1.165) is 11.8 Å². The van der Waals surface area contributed by atoms with Gasteiger partial charge in [0.05, 0.1) is 17.8 Å². The molecule has 1 N–H and O–H groups in total. The van der Waals surface area contributed by atoms with Gasteiger partial charge in [-0.3, -0.25) is 9.78 Å². The number of hydrogen-bond acceptors (Lipinski definition) is 2. The number of rotatable bonds is 3. The summed E-state index contributed by atoms with van der Waals surface area (Å²) in [5, 5.41) is 2.64. The van der Waals surface area contributed by atoms with Gasteiger partial charge in [0.2, 0.25) is 0 Å². The van der Waals surface area contributed by atoms with Gasteiger partial charge >= 0.3 is 0 Å². The fraction of sp³-hybridized carbons (Fsp3) is 0.143. The lowest BCUT2D eigenvalue weighted by molar-refractivity contribution is 0.0935. The first-order chi connectivity index (χ1) is 9.08. The van der Waals surface area contributed by atoms with Crippen molar-refractivity contribution in [1.29, 1.82) is 0 Å². The molecular formula is C14H12F2N2O. The predicted molar refractivity (Wildman–Crippen MR) is 66.5 cm³/mol. The Morgan fingerprint density at radius 3 is 2.53 bits per heavy atom. The molecule has 0 saturated heterocycles. The Kier molecular flexibility index (Phi) is 3.85. The van der Waals surface area contributed by atoms with Crippen molar-refractivity contribution in [3.8, 4) is 0 Å². The fourth-order valence-corrected chi connectivity index (χ4v) is 1.67. The molecule has 0 fully saturated rings. The van der Waals surface area contributed by atoms with Crippen LogP contribution in [0.25, 0.3) is 0 Å². The van der Waals surface area contributed by atoms with Gasteiger partial charge in [-0.15, -0.1) is 0 Å². The van der Waals surface area contributed by atoms with E-state index in [2.05, 4.69) is 10.3 Å². The van der Waals surface area contributed by atoms with Gasteiger partial charge in [0.1, 0.15) is 5.82 Å². The van der Waals surface area contributed by atoms with Crippen LogP contribution < -0.4 is 5.32 Å². The summed E-state index contributed by atoms with van der Waals surface area (Å²) >= 11 is 0. The van der Waals surface area contributed by atoms with Gasteiger partial charge in [-0.05, 0) is 30.7 Å². The van der Waals surface area contributed by atoms with Gasteiger partial charge in [-0.1, -0.05) is 12.1 Å². The lowest BCUT2D eigenvalue weighted by Gasteiger charge is -2.14. The smallest absolute Gasteiger partial charge is 0.254 e. The normalized spacial score (nSPS) is 11.9. The molecule has 1 unspecified atom stereocenters. The van der Waals surface area contributed by atoms with Gasteiger partial charge in [0.15, 0.2) is 5.82 Å². The molecule has 0 aliphatic rings. The lowest BCUT2D eigenvalue weighted by Crippen LogP contribution is -2.27. The van der Waals surface area contributed by atoms with Gasteiger partial charge in [-0.2, -0.15) is 0 Å². The molecule has 2 rings (SSSR count). The molecule has 1 aromatic heterocycles. The molecule has 0 radical (unpaired) electrons. The van der Waals surface area contributed by atoms with E-state index in [1.165, 1.54) is 24.4 Å². The lowest BCUT2D eigenvalue weighted by atomic mass is 10.1. The molecule has 0 bridgehead atoms. The third-order valence-electron chi connectivity index (χ3n) is 2.73. The molecule has 0 aliphatic carbocycles. The largest absolute Gasteiger partial charge is 0.345 e. The van der Waals surface area contributed by atoms with Gasteiger partial charge in [-0.25, -0.2) is 8.78 Å². The van der Waals surface area contributed by atoms with Crippen LogP contribution >= 0.6 is 0 Å². The van der Waals surface area contributed by atoms with Crippen LogP contribution in [-0.2, 0) is 0 Å². The Bertz CT molecular complexity index is 584. The zero-order valence-corrected chi connectivity index (χ0v) is 10.2. The van der Waals surface area contributed by atoms with Crippen molar-refractivity contribution in [2.75, 3.05) is 0 Å². The molecule has 98 valence electrons. The summed E-state index contributed by atoms with van der Waals surface area (Å²) in [4.78, 5) is 15.4.